The van der Waals surface area contributed by atoms with Gasteiger partial charge in [0, 0.05) is 13.2 Å². The third kappa shape index (κ3) is 6.68. The molecule has 3 N–H and O–H groups in total. The molecule has 0 aromatic carbocycles. The Morgan fingerprint density at radius 2 is 2.32 bits per heavy atom. The van der Waals surface area contributed by atoms with Crippen molar-refractivity contribution in [1.29, 1.82) is 0 Å². The van der Waals surface area contributed by atoms with Crippen LogP contribution in [-0.4, -0.2) is 54.9 Å². The number of carboxylic acid groups (broad SMARTS) is 1. The molecule has 19 heavy (non-hydrogen) atoms. The fourth-order valence-corrected chi connectivity index (χ4v) is 2.38. The van der Waals surface area contributed by atoms with Crippen molar-refractivity contribution in [2.75, 3.05) is 31.8 Å². The van der Waals surface area contributed by atoms with E-state index in [9.17, 15) is 9.59 Å². The number of hydrogen-bond acceptors (Lipinski definition) is 4. The third-order valence-electron chi connectivity index (χ3n) is 3.02. The minimum absolute atomic E-state index is 0.328. The topological polar surface area (TPSA) is 87.7 Å². The summed E-state index contributed by atoms with van der Waals surface area (Å²) in [4.78, 5) is 22.6. The highest BCUT2D eigenvalue weighted by molar-refractivity contribution is 7.98. The quantitative estimate of drug-likeness (QED) is 0.649. The van der Waals surface area contributed by atoms with Gasteiger partial charge in [0.2, 0.25) is 0 Å². The van der Waals surface area contributed by atoms with Gasteiger partial charge in [-0.15, -0.1) is 0 Å². The lowest BCUT2D eigenvalue weighted by atomic mass is 10.0. The summed E-state index contributed by atoms with van der Waals surface area (Å²) in [7, 11) is 0. The van der Waals surface area contributed by atoms with Gasteiger partial charge >= 0.3 is 12.0 Å². The number of carboxylic acids is 1. The number of amides is 2. The lowest BCUT2D eigenvalue weighted by Gasteiger charge is -2.22. The molecule has 1 rings (SSSR count). The maximum absolute atomic E-state index is 11.6. The number of rotatable bonds is 7. The van der Waals surface area contributed by atoms with Crippen LogP contribution in [0.25, 0.3) is 0 Å². The van der Waals surface area contributed by atoms with Gasteiger partial charge in [-0.05, 0) is 37.2 Å². The zero-order chi connectivity index (χ0) is 14.1. The van der Waals surface area contributed by atoms with Gasteiger partial charge in [-0.25, -0.2) is 9.59 Å². The lowest BCUT2D eigenvalue weighted by Crippen LogP contribution is -2.47. The fraction of sp³-hybridized carbons (Fsp3) is 0.833. The van der Waals surface area contributed by atoms with E-state index in [1.54, 1.807) is 11.8 Å². The third-order valence-corrected chi connectivity index (χ3v) is 3.66. The summed E-state index contributed by atoms with van der Waals surface area (Å²) >= 11 is 1.56. The highest BCUT2D eigenvalue weighted by Crippen LogP contribution is 2.12. The minimum Gasteiger partial charge on any atom is -0.480 e. The zero-order valence-electron chi connectivity index (χ0n) is 11.2. The van der Waals surface area contributed by atoms with Crippen molar-refractivity contribution in [2.45, 2.75) is 25.3 Å². The predicted octanol–water partition coefficient (Wildman–Crippen LogP) is 0.919. The summed E-state index contributed by atoms with van der Waals surface area (Å²) in [5, 5.41) is 14.2. The molecule has 1 aliphatic heterocycles. The normalized spacial score (nSPS) is 20.6. The summed E-state index contributed by atoms with van der Waals surface area (Å²) in [5.74, 6) is 0.0347. The van der Waals surface area contributed by atoms with Gasteiger partial charge in [0.25, 0.3) is 0 Å². The van der Waals surface area contributed by atoms with Crippen molar-refractivity contribution in [3.8, 4) is 0 Å². The van der Waals surface area contributed by atoms with Crippen LogP contribution in [0.3, 0.4) is 0 Å². The van der Waals surface area contributed by atoms with Crippen molar-refractivity contribution >= 4 is 23.8 Å². The fourth-order valence-electron chi connectivity index (χ4n) is 1.91. The van der Waals surface area contributed by atoms with E-state index in [4.69, 9.17) is 9.84 Å². The molecule has 1 aliphatic rings. The van der Waals surface area contributed by atoms with Gasteiger partial charge in [0.15, 0.2) is 0 Å². The summed E-state index contributed by atoms with van der Waals surface area (Å²) in [6.45, 7) is 1.98. The van der Waals surface area contributed by atoms with Crippen molar-refractivity contribution in [3.63, 3.8) is 0 Å². The largest absolute Gasteiger partial charge is 0.480 e. The Kier molecular flexibility index (Phi) is 7.66. The standard InChI is InChI=1S/C12H22N2O4S/c1-19-6-4-10(11(15)16)14-12(17)13-7-9-3-2-5-18-8-9/h9-10H,2-8H2,1H3,(H,15,16)(H2,13,14,17). The van der Waals surface area contributed by atoms with Crippen LogP contribution in [-0.2, 0) is 9.53 Å². The van der Waals surface area contributed by atoms with Crippen molar-refractivity contribution in [3.05, 3.63) is 0 Å². The monoisotopic (exact) mass is 290 g/mol. The van der Waals surface area contributed by atoms with E-state index in [0.717, 1.165) is 19.4 Å². The van der Waals surface area contributed by atoms with E-state index in [1.807, 2.05) is 6.26 Å². The predicted molar refractivity (Wildman–Crippen MR) is 74.5 cm³/mol. The lowest BCUT2D eigenvalue weighted by molar-refractivity contribution is -0.139. The Morgan fingerprint density at radius 1 is 1.53 bits per heavy atom. The van der Waals surface area contributed by atoms with Crippen LogP contribution in [0.2, 0.25) is 0 Å². The maximum Gasteiger partial charge on any atom is 0.326 e. The van der Waals surface area contributed by atoms with Gasteiger partial charge in [0.1, 0.15) is 6.04 Å². The second-order valence-electron chi connectivity index (χ2n) is 4.61. The second kappa shape index (κ2) is 9.03. The van der Waals surface area contributed by atoms with Crippen molar-refractivity contribution in [2.24, 2.45) is 5.92 Å². The molecule has 2 amide bonds. The van der Waals surface area contributed by atoms with E-state index >= 15 is 0 Å². The van der Waals surface area contributed by atoms with Crippen LogP contribution in [0.1, 0.15) is 19.3 Å². The van der Waals surface area contributed by atoms with Gasteiger partial charge in [-0.3, -0.25) is 0 Å². The first-order valence-corrected chi connectivity index (χ1v) is 7.86. The number of ether oxygens (including phenoxy) is 1. The van der Waals surface area contributed by atoms with E-state index in [0.29, 0.717) is 31.2 Å². The highest BCUT2D eigenvalue weighted by Gasteiger charge is 2.20. The van der Waals surface area contributed by atoms with E-state index in [2.05, 4.69) is 10.6 Å². The number of carbonyl (C=O) groups excluding carboxylic acids is 1. The molecule has 0 spiro atoms. The van der Waals surface area contributed by atoms with Crippen LogP contribution in [0.5, 0.6) is 0 Å². The first kappa shape index (κ1) is 16.1. The first-order valence-electron chi connectivity index (χ1n) is 6.47. The molecule has 0 radical (unpaired) electrons. The maximum atomic E-state index is 11.6. The zero-order valence-corrected chi connectivity index (χ0v) is 12.0. The summed E-state index contributed by atoms with van der Waals surface area (Å²) in [6.07, 6.45) is 4.38. The Hall–Kier alpha value is -0.950. The molecule has 110 valence electrons. The Labute approximate surface area is 117 Å². The molecule has 1 saturated heterocycles. The molecule has 0 aliphatic carbocycles. The minimum atomic E-state index is -0.995. The molecule has 1 fully saturated rings. The van der Waals surface area contributed by atoms with Crippen LogP contribution < -0.4 is 10.6 Å². The number of hydrogen-bond donors (Lipinski definition) is 3. The van der Waals surface area contributed by atoms with Gasteiger partial charge in [-0.2, -0.15) is 11.8 Å². The number of urea groups is 1. The molecule has 2 unspecified atom stereocenters. The van der Waals surface area contributed by atoms with Crippen LogP contribution in [0.4, 0.5) is 4.79 Å². The Bertz CT molecular complexity index is 295. The van der Waals surface area contributed by atoms with E-state index in [-0.39, 0.29) is 0 Å². The van der Waals surface area contributed by atoms with Gasteiger partial charge in [0.05, 0.1) is 6.61 Å². The number of thioether (sulfide) groups is 1. The molecule has 0 aromatic rings. The second-order valence-corrected chi connectivity index (χ2v) is 5.60. The molecule has 7 heteroatoms. The average Bonchev–Trinajstić information content (AvgIpc) is 2.42. The smallest absolute Gasteiger partial charge is 0.326 e. The molecule has 1 heterocycles. The number of aliphatic carboxylic acids is 1. The van der Waals surface area contributed by atoms with Crippen LogP contribution >= 0.6 is 11.8 Å². The summed E-state index contributed by atoms with van der Waals surface area (Å²) in [5.41, 5.74) is 0. The molecule has 6 nitrogen and oxygen atoms in total. The Morgan fingerprint density at radius 3 is 2.89 bits per heavy atom. The number of nitrogens with one attached hydrogen (secondary N) is 2. The van der Waals surface area contributed by atoms with E-state index in [1.165, 1.54) is 0 Å². The van der Waals surface area contributed by atoms with Crippen molar-refractivity contribution < 1.29 is 19.4 Å². The summed E-state index contributed by atoms with van der Waals surface area (Å²) < 4.78 is 5.32. The highest BCUT2D eigenvalue weighted by atomic mass is 32.2. The average molecular weight is 290 g/mol. The Balaban J connectivity index is 2.25. The van der Waals surface area contributed by atoms with Crippen molar-refractivity contribution in [1.82, 2.24) is 10.6 Å². The molecular formula is C12H22N2O4S. The van der Waals surface area contributed by atoms with Gasteiger partial charge in [-0.1, -0.05) is 0 Å². The molecule has 2 atom stereocenters. The molecule has 0 aromatic heterocycles. The van der Waals surface area contributed by atoms with Crippen LogP contribution in [0.15, 0.2) is 0 Å². The molecule has 0 bridgehead atoms. The molecular weight excluding hydrogens is 268 g/mol. The molecule has 0 saturated carbocycles. The summed E-state index contributed by atoms with van der Waals surface area (Å²) in [6, 6.07) is -1.24. The van der Waals surface area contributed by atoms with Gasteiger partial charge < -0.3 is 20.5 Å². The van der Waals surface area contributed by atoms with Crippen LogP contribution in [0, 0.1) is 5.92 Å². The number of carbonyl (C=O) groups is 2. The first-order chi connectivity index (χ1) is 9.13. The SMILES string of the molecule is CSCCC(NC(=O)NCC1CCCOC1)C(=O)O. The van der Waals surface area contributed by atoms with E-state index < -0.39 is 18.0 Å².